The fraction of sp³-hybridized carbons (Fsp3) is 0.273. The molecular weight excluding hydrogens is 364 g/mol. The van der Waals surface area contributed by atoms with Crippen LogP contribution in [0.25, 0.3) is 0 Å². The molecule has 1 aromatic carbocycles. The standard InChI is InChI=1S/C22H24N6O/c29-22(28-16-14-27(15-17-28)21-8-4-5-12-24-21)19-9-10-20(26-25-19)23-13-11-18-6-2-1-3-7-18/h1-10,12H,11,13-17H2,(H,23,26). The molecule has 7 heteroatoms. The summed E-state index contributed by atoms with van der Waals surface area (Å²) in [4.78, 5) is 21.1. The van der Waals surface area contributed by atoms with Gasteiger partial charge in [0, 0.05) is 38.9 Å². The van der Waals surface area contributed by atoms with Crippen molar-refractivity contribution in [2.75, 3.05) is 42.9 Å². The van der Waals surface area contributed by atoms with Crippen molar-refractivity contribution in [2.24, 2.45) is 0 Å². The number of pyridine rings is 1. The van der Waals surface area contributed by atoms with E-state index in [4.69, 9.17) is 0 Å². The molecule has 7 nitrogen and oxygen atoms in total. The molecule has 1 N–H and O–H groups in total. The van der Waals surface area contributed by atoms with Crippen LogP contribution in [0, 0.1) is 0 Å². The van der Waals surface area contributed by atoms with E-state index < -0.39 is 0 Å². The summed E-state index contributed by atoms with van der Waals surface area (Å²) < 4.78 is 0. The zero-order chi connectivity index (χ0) is 19.9. The molecule has 3 heterocycles. The topological polar surface area (TPSA) is 74.2 Å². The van der Waals surface area contributed by atoms with Crippen LogP contribution >= 0.6 is 0 Å². The molecule has 0 radical (unpaired) electrons. The SMILES string of the molecule is O=C(c1ccc(NCCc2ccccc2)nn1)N1CCN(c2ccccn2)CC1. The highest BCUT2D eigenvalue weighted by atomic mass is 16.2. The average Bonchev–Trinajstić information content (AvgIpc) is 2.80. The first-order valence-electron chi connectivity index (χ1n) is 9.86. The van der Waals surface area contributed by atoms with Gasteiger partial charge in [0.25, 0.3) is 5.91 Å². The van der Waals surface area contributed by atoms with Gasteiger partial charge in [-0.1, -0.05) is 36.4 Å². The van der Waals surface area contributed by atoms with E-state index in [1.807, 2.05) is 47.4 Å². The van der Waals surface area contributed by atoms with Gasteiger partial charge in [-0.15, -0.1) is 10.2 Å². The van der Waals surface area contributed by atoms with E-state index in [-0.39, 0.29) is 5.91 Å². The molecule has 0 atom stereocenters. The second-order valence-corrected chi connectivity index (χ2v) is 6.93. The smallest absolute Gasteiger partial charge is 0.274 e. The summed E-state index contributed by atoms with van der Waals surface area (Å²) >= 11 is 0. The lowest BCUT2D eigenvalue weighted by Gasteiger charge is -2.35. The molecule has 2 aromatic heterocycles. The Kier molecular flexibility index (Phi) is 5.95. The van der Waals surface area contributed by atoms with Gasteiger partial charge >= 0.3 is 0 Å². The van der Waals surface area contributed by atoms with Gasteiger partial charge < -0.3 is 15.1 Å². The lowest BCUT2D eigenvalue weighted by molar-refractivity contribution is 0.0739. The van der Waals surface area contributed by atoms with Crippen molar-refractivity contribution in [1.82, 2.24) is 20.1 Å². The van der Waals surface area contributed by atoms with Crippen molar-refractivity contribution in [3.8, 4) is 0 Å². The largest absolute Gasteiger partial charge is 0.368 e. The number of nitrogens with one attached hydrogen (secondary N) is 1. The average molecular weight is 388 g/mol. The van der Waals surface area contributed by atoms with Gasteiger partial charge in [-0.2, -0.15) is 0 Å². The number of piperazine rings is 1. The quantitative estimate of drug-likeness (QED) is 0.699. The minimum absolute atomic E-state index is 0.0750. The molecule has 4 rings (SSSR count). The van der Waals surface area contributed by atoms with Gasteiger partial charge in [0.05, 0.1) is 0 Å². The van der Waals surface area contributed by atoms with E-state index in [2.05, 4.69) is 37.5 Å². The minimum Gasteiger partial charge on any atom is -0.368 e. The third-order valence-corrected chi connectivity index (χ3v) is 4.99. The van der Waals surface area contributed by atoms with Crippen LogP contribution < -0.4 is 10.2 Å². The molecule has 0 spiro atoms. The molecule has 0 bridgehead atoms. The van der Waals surface area contributed by atoms with Crippen LogP contribution in [0.5, 0.6) is 0 Å². The molecule has 29 heavy (non-hydrogen) atoms. The molecule has 1 fully saturated rings. The van der Waals surface area contributed by atoms with Gasteiger partial charge in [0.2, 0.25) is 0 Å². The van der Waals surface area contributed by atoms with Crippen molar-refractivity contribution >= 4 is 17.5 Å². The predicted octanol–water partition coefficient (Wildman–Crippen LogP) is 2.49. The monoisotopic (exact) mass is 388 g/mol. The van der Waals surface area contributed by atoms with Crippen molar-refractivity contribution in [3.63, 3.8) is 0 Å². The van der Waals surface area contributed by atoms with Crippen LogP contribution in [0.4, 0.5) is 11.6 Å². The number of amides is 1. The first kappa shape index (κ1) is 18.9. The van der Waals surface area contributed by atoms with Crippen molar-refractivity contribution in [3.05, 3.63) is 78.1 Å². The minimum atomic E-state index is -0.0750. The molecule has 3 aromatic rings. The predicted molar refractivity (Wildman–Crippen MR) is 113 cm³/mol. The third-order valence-electron chi connectivity index (χ3n) is 4.99. The maximum Gasteiger partial charge on any atom is 0.274 e. The summed E-state index contributed by atoms with van der Waals surface area (Å²) in [5.74, 6) is 1.55. The number of hydrogen-bond donors (Lipinski definition) is 1. The van der Waals surface area contributed by atoms with Crippen molar-refractivity contribution in [2.45, 2.75) is 6.42 Å². The maximum absolute atomic E-state index is 12.7. The second kappa shape index (κ2) is 9.14. The highest BCUT2D eigenvalue weighted by Crippen LogP contribution is 2.14. The van der Waals surface area contributed by atoms with Crippen LogP contribution in [0.2, 0.25) is 0 Å². The van der Waals surface area contributed by atoms with Gasteiger partial charge in [0.1, 0.15) is 11.6 Å². The molecule has 0 aliphatic carbocycles. The summed E-state index contributed by atoms with van der Waals surface area (Å²) in [7, 11) is 0. The Hall–Kier alpha value is -3.48. The van der Waals surface area contributed by atoms with E-state index in [0.29, 0.717) is 24.6 Å². The van der Waals surface area contributed by atoms with Gasteiger partial charge in [-0.05, 0) is 36.2 Å². The van der Waals surface area contributed by atoms with E-state index >= 15 is 0 Å². The summed E-state index contributed by atoms with van der Waals surface area (Å²) in [6.07, 6.45) is 2.70. The molecule has 1 saturated heterocycles. The van der Waals surface area contributed by atoms with Gasteiger partial charge in [0.15, 0.2) is 5.69 Å². The Balaban J connectivity index is 1.27. The number of rotatable bonds is 6. The van der Waals surface area contributed by atoms with Crippen molar-refractivity contribution in [1.29, 1.82) is 0 Å². The fourth-order valence-corrected chi connectivity index (χ4v) is 3.36. The maximum atomic E-state index is 12.7. The molecule has 148 valence electrons. The fourth-order valence-electron chi connectivity index (χ4n) is 3.36. The highest BCUT2D eigenvalue weighted by molar-refractivity contribution is 5.92. The molecular formula is C22H24N6O. The molecule has 1 aliphatic rings. The number of nitrogens with zero attached hydrogens (tertiary/aromatic N) is 5. The highest BCUT2D eigenvalue weighted by Gasteiger charge is 2.23. The Morgan fingerprint density at radius 2 is 1.69 bits per heavy atom. The van der Waals surface area contributed by atoms with E-state index in [1.165, 1.54) is 5.56 Å². The number of aromatic nitrogens is 3. The normalized spacial score (nSPS) is 13.9. The Labute approximate surface area is 170 Å². The summed E-state index contributed by atoms with van der Waals surface area (Å²) in [5.41, 5.74) is 1.65. The summed E-state index contributed by atoms with van der Waals surface area (Å²) in [5, 5.41) is 11.5. The van der Waals surface area contributed by atoms with E-state index in [9.17, 15) is 4.79 Å². The zero-order valence-corrected chi connectivity index (χ0v) is 16.2. The lowest BCUT2D eigenvalue weighted by Crippen LogP contribution is -2.49. The number of anilines is 2. The van der Waals surface area contributed by atoms with Gasteiger partial charge in [-0.25, -0.2) is 4.98 Å². The number of carbonyl (C=O) groups is 1. The van der Waals surface area contributed by atoms with Crippen LogP contribution in [0.1, 0.15) is 16.1 Å². The Morgan fingerprint density at radius 3 is 2.38 bits per heavy atom. The molecule has 1 aliphatic heterocycles. The lowest BCUT2D eigenvalue weighted by atomic mass is 10.1. The molecule has 0 unspecified atom stereocenters. The summed E-state index contributed by atoms with van der Waals surface area (Å²) in [6, 6.07) is 19.7. The first-order valence-corrected chi connectivity index (χ1v) is 9.86. The van der Waals surface area contributed by atoms with Crippen LogP contribution in [0.15, 0.2) is 66.9 Å². The zero-order valence-electron chi connectivity index (χ0n) is 16.2. The molecule has 0 saturated carbocycles. The molecule has 1 amide bonds. The third kappa shape index (κ3) is 4.87. The number of hydrogen-bond acceptors (Lipinski definition) is 6. The van der Waals surface area contributed by atoms with E-state index in [1.54, 1.807) is 12.3 Å². The number of carbonyl (C=O) groups excluding carboxylic acids is 1. The van der Waals surface area contributed by atoms with Crippen LogP contribution in [-0.2, 0) is 6.42 Å². The van der Waals surface area contributed by atoms with Gasteiger partial charge in [-0.3, -0.25) is 4.79 Å². The Morgan fingerprint density at radius 1 is 0.897 bits per heavy atom. The first-order chi connectivity index (χ1) is 14.3. The van der Waals surface area contributed by atoms with E-state index in [0.717, 1.165) is 31.9 Å². The Bertz CT molecular complexity index is 909. The van der Waals surface area contributed by atoms with Crippen LogP contribution in [0.3, 0.4) is 0 Å². The summed E-state index contributed by atoms with van der Waals surface area (Å²) in [6.45, 7) is 3.58. The second-order valence-electron chi connectivity index (χ2n) is 6.93. The van der Waals surface area contributed by atoms with Crippen molar-refractivity contribution < 1.29 is 4.79 Å². The van der Waals surface area contributed by atoms with Crippen LogP contribution in [-0.4, -0.2) is 58.7 Å². The number of benzene rings is 1.